The average molecular weight is 477 g/mol. The van der Waals surface area contributed by atoms with Gasteiger partial charge in [0.15, 0.2) is 0 Å². The van der Waals surface area contributed by atoms with Gasteiger partial charge in [-0.1, -0.05) is 0 Å². The Morgan fingerprint density at radius 1 is 1.25 bits per heavy atom. The standard InChI is InChI=1S/I3.Mo/c1-3-2;/q-1;. The summed E-state index contributed by atoms with van der Waals surface area (Å²) in [6.45, 7) is 0. The van der Waals surface area contributed by atoms with Gasteiger partial charge in [0.05, 0.1) is 0 Å². The molecule has 0 heterocycles. The second kappa shape index (κ2) is 9.30. The molecular weight excluding hydrogens is 477 g/mol. The first kappa shape index (κ1) is 9.99. The zero-order valence-electron chi connectivity index (χ0n) is 1.54. The predicted molar refractivity (Wildman–Crippen MR) is 28.0 cm³/mol. The van der Waals surface area contributed by atoms with E-state index in [1.54, 1.807) is 0 Å². The van der Waals surface area contributed by atoms with Crippen LogP contribution < -0.4 is 13.3 Å². The van der Waals surface area contributed by atoms with Crippen LogP contribution in [0.3, 0.4) is 0 Å². The summed E-state index contributed by atoms with van der Waals surface area (Å²) < 4.78 is 0. The number of halogens is 3. The number of hydrogen-bond acceptors (Lipinski definition) is 0. The van der Waals surface area contributed by atoms with Crippen LogP contribution in [0.5, 0.6) is 0 Å². The molecule has 0 N–H and O–H groups in total. The van der Waals surface area contributed by atoms with Crippen LogP contribution in [0.15, 0.2) is 0 Å². The van der Waals surface area contributed by atoms with E-state index in [0.29, 0.717) is 13.3 Å². The van der Waals surface area contributed by atoms with Crippen molar-refractivity contribution in [2.24, 2.45) is 0 Å². The fourth-order valence-corrected chi connectivity index (χ4v) is 0. The van der Waals surface area contributed by atoms with Crippen molar-refractivity contribution in [2.45, 2.75) is 0 Å². The third-order valence-electron chi connectivity index (χ3n) is 0. The van der Waals surface area contributed by atoms with Crippen LogP contribution in [0.25, 0.3) is 0 Å². The minimum atomic E-state index is 0. The molecule has 0 amide bonds. The van der Waals surface area contributed by atoms with Crippen LogP contribution in [0.2, 0.25) is 0 Å². The molecule has 28 valence electrons. The van der Waals surface area contributed by atoms with E-state index in [1.807, 2.05) is 0 Å². The predicted octanol–water partition coefficient (Wildman–Crippen LogP) is -1.23. The molecule has 0 nitrogen and oxygen atoms in total. The first-order chi connectivity index (χ1) is 1.41. The summed E-state index contributed by atoms with van der Waals surface area (Å²) in [6.07, 6.45) is 0. The minimum Gasteiger partial charge on any atom is 0 e. The summed E-state index contributed by atoms with van der Waals surface area (Å²) in [5.41, 5.74) is 0. The molecule has 0 aromatic rings. The Kier molecular flexibility index (Phi) is 23.2. The van der Waals surface area contributed by atoms with Crippen molar-refractivity contribution in [1.82, 2.24) is 0 Å². The smallest absolute Gasteiger partial charge is 0 e. The Labute approximate surface area is 69.7 Å². The van der Waals surface area contributed by atoms with Crippen molar-refractivity contribution in [1.29, 1.82) is 0 Å². The van der Waals surface area contributed by atoms with Crippen molar-refractivity contribution < 1.29 is 34.3 Å². The van der Waals surface area contributed by atoms with Crippen molar-refractivity contribution in [3.63, 3.8) is 0 Å². The molecule has 0 saturated heterocycles. The molecule has 0 aromatic carbocycles. The molecule has 0 spiro atoms. The monoisotopic (exact) mass is 479 g/mol. The van der Waals surface area contributed by atoms with Crippen LogP contribution in [0, 0.1) is 0 Å². The van der Waals surface area contributed by atoms with Gasteiger partial charge in [0.2, 0.25) is 0 Å². The third-order valence-corrected chi connectivity index (χ3v) is 0. The Morgan fingerprint density at radius 2 is 1.25 bits per heavy atom. The van der Waals surface area contributed by atoms with E-state index in [0.717, 1.165) is 0 Å². The van der Waals surface area contributed by atoms with E-state index in [-0.39, 0.29) is 21.1 Å². The zero-order valence-corrected chi connectivity index (χ0v) is 10.0. The van der Waals surface area contributed by atoms with Gasteiger partial charge in [-0.3, -0.25) is 0 Å². The second-order valence-corrected chi connectivity index (χ2v) is 16.3. The minimum absolute atomic E-state index is 0. The molecule has 4 heteroatoms. The summed E-state index contributed by atoms with van der Waals surface area (Å²) in [6, 6.07) is 0. The molecule has 0 radical (unpaired) electrons. The molecule has 0 fully saturated rings. The Hall–Kier alpha value is 2.88. The maximum Gasteiger partial charge on any atom is 0 e. The summed E-state index contributed by atoms with van der Waals surface area (Å²) in [5, 5.41) is 0. The normalized spacial score (nSPS) is 5.50. The molecular formula is I3Mo-. The first-order valence-corrected chi connectivity index (χ1v) is 12.9. The summed E-state index contributed by atoms with van der Waals surface area (Å²) in [5.74, 6) is 0. The van der Waals surface area contributed by atoms with Crippen LogP contribution in [0.1, 0.15) is 0 Å². The summed E-state index contributed by atoms with van der Waals surface area (Å²) in [4.78, 5) is 0. The topological polar surface area (TPSA) is 0 Å². The largest absolute Gasteiger partial charge is 0 e. The van der Waals surface area contributed by atoms with Crippen LogP contribution in [0.4, 0.5) is 0 Å². The van der Waals surface area contributed by atoms with Crippen molar-refractivity contribution in [2.75, 3.05) is 0 Å². The van der Waals surface area contributed by atoms with Gasteiger partial charge in [-0.25, -0.2) is 0 Å². The van der Waals surface area contributed by atoms with E-state index in [1.165, 1.54) is 0 Å². The number of rotatable bonds is 0. The fraction of sp³-hybridized carbons (Fsp3) is 0. The van der Waals surface area contributed by atoms with Crippen molar-refractivity contribution >= 4 is 37.2 Å². The van der Waals surface area contributed by atoms with Crippen molar-refractivity contribution in [3.05, 3.63) is 0 Å². The van der Waals surface area contributed by atoms with Gasteiger partial charge in [-0.15, -0.1) is 0 Å². The molecule has 0 rings (SSSR count). The third kappa shape index (κ3) is 8.86. The average Bonchev–Trinajstić information content (AvgIpc) is 0.918. The zero-order chi connectivity index (χ0) is 2.71. The Bertz CT molecular complexity index is 3.25. The van der Waals surface area contributed by atoms with Gasteiger partial charge in [-0.05, 0) is 0 Å². The Morgan fingerprint density at radius 3 is 1.25 bits per heavy atom. The quantitative estimate of drug-likeness (QED) is 0.304. The van der Waals surface area contributed by atoms with Gasteiger partial charge in [-0.2, -0.15) is 0 Å². The fourth-order valence-electron chi connectivity index (χ4n) is 0. The first-order valence-electron chi connectivity index (χ1n) is 0.286. The molecule has 4 heavy (non-hydrogen) atoms. The molecule has 0 aliphatic heterocycles. The van der Waals surface area contributed by atoms with E-state index in [9.17, 15) is 0 Å². The van der Waals surface area contributed by atoms with Gasteiger partial charge < -0.3 is 0 Å². The van der Waals surface area contributed by atoms with Crippen LogP contribution in [-0.4, -0.2) is 0 Å². The maximum absolute atomic E-state index is 2.39. The Balaban J connectivity index is 0. The van der Waals surface area contributed by atoms with Crippen molar-refractivity contribution in [3.8, 4) is 0 Å². The molecule has 0 bridgehead atoms. The van der Waals surface area contributed by atoms with E-state index < -0.39 is 0 Å². The molecule has 0 saturated carbocycles. The van der Waals surface area contributed by atoms with Gasteiger partial charge in [0, 0.05) is 21.1 Å². The van der Waals surface area contributed by atoms with Crippen LogP contribution in [-0.2, 0) is 21.1 Å². The van der Waals surface area contributed by atoms with Crippen LogP contribution >= 0.6 is 37.2 Å². The molecule has 0 unspecified atom stereocenters. The van der Waals surface area contributed by atoms with E-state index >= 15 is 0 Å². The van der Waals surface area contributed by atoms with Gasteiger partial charge in [0.25, 0.3) is 0 Å². The number of hydrogen-bond donors (Lipinski definition) is 0. The maximum atomic E-state index is 2.39. The van der Waals surface area contributed by atoms with E-state index in [4.69, 9.17) is 0 Å². The molecule has 0 atom stereocenters. The summed E-state index contributed by atoms with van der Waals surface area (Å²) >= 11 is 5.30. The molecule has 0 aromatic heterocycles. The summed E-state index contributed by atoms with van der Waals surface area (Å²) in [7, 11) is 0. The van der Waals surface area contributed by atoms with Gasteiger partial charge >= 0.3 is 50.5 Å². The van der Waals surface area contributed by atoms with E-state index in [2.05, 4.69) is 37.2 Å². The SMILES string of the molecule is I[I-]I.[Mo]. The molecule has 0 aliphatic rings. The molecule has 0 aliphatic carbocycles. The van der Waals surface area contributed by atoms with Gasteiger partial charge in [0.1, 0.15) is 0 Å². The second-order valence-electron chi connectivity index (χ2n) is 0.0540.